The lowest BCUT2D eigenvalue weighted by molar-refractivity contribution is 0.112. The Morgan fingerprint density at radius 3 is 3.00 bits per heavy atom. The smallest absolute Gasteiger partial charge is 0.182 e. The van der Waals surface area contributed by atoms with Crippen LogP contribution in [0, 0.1) is 0 Å². The molecule has 0 aliphatic carbocycles. The lowest BCUT2D eigenvalue weighted by Crippen LogP contribution is -1.88. The molecule has 2 rings (SSSR count). The van der Waals surface area contributed by atoms with Crippen molar-refractivity contribution in [2.75, 3.05) is 7.11 Å². The maximum Gasteiger partial charge on any atom is 0.182 e. The number of hydrogen-bond donors (Lipinski definition) is 2. The highest BCUT2D eigenvalue weighted by Gasteiger charge is 2.11. The van der Waals surface area contributed by atoms with Crippen LogP contribution in [0.25, 0.3) is 10.9 Å². The van der Waals surface area contributed by atoms with Crippen molar-refractivity contribution in [3.8, 4) is 11.5 Å². The Morgan fingerprint density at radius 1 is 1.57 bits per heavy atom. The van der Waals surface area contributed by atoms with Gasteiger partial charge in [0, 0.05) is 17.1 Å². The lowest BCUT2D eigenvalue weighted by Gasteiger charge is -2.05. The molecular formula is C10H9NO3. The van der Waals surface area contributed by atoms with Gasteiger partial charge in [0.2, 0.25) is 0 Å². The average molecular weight is 191 g/mol. The summed E-state index contributed by atoms with van der Waals surface area (Å²) in [7, 11) is 1.44. The molecule has 0 fully saturated rings. The van der Waals surface area contributed by atoms with Gasteiger partial charge in [-0.05, 0) is 12.1 Å². The first-order valence-electron chi connectivity index (χ1n) is 4.10. The molecule has 1 aromatic carbocycles. The van der Waals surface area contributed by atoms with Crippen molar-refractivity contribution in [3.63, 3.8) is 0 Å². The Labute approximate surface area is 80.1 Å². The van der Waals surface area contributed by atoms with E-state index in [-0.39, 0.29) is 5.75 Å². The van der Waals surface area contributed by atoms with Crippen molar-refractivity contribution in [1.29, 1.82) is 0 Å². The van der Waals surface area contributed by atoms with Crippen LogP contribution in [0.5, 0.6) is 11.5 Å². The highest BCUT2D eigenvalue weighted by Crippen LogP contribution is 2.35. The van der Waals surface area contributed by atoms with Gasteiger partial charge < -0.3 is 14.8 Å². The van der Waals surface area contributed by atoms with E-state index < -0.39 is 0 Å². The first kappa shape index (κ1) is 8.62. The number of phenolic OH excluding ortho intramolecular Hbond substituents is 1. The zero-order chi connectivity index (χ0) is 10.1. The molecule has 0 saturated carbocycles. The summed E-state index contributed by atoms with van der Waals surface area (Å²) < 4.78 is 4.94. The third-order valence-electron chi connectivity index (χ3n) is 2.16. The standard InChI is InChI=1S/C10H9NO3/c1-14-8-4-6(5-12)7-2-3-11-9(7)10(8)13/h2-5,11,13H,1H3. The minimum absolute atomic E-state index is 0.0260. The molecule has 1 heterocycles. The lowest BCUT2D eigenvalue weighted by atomic mass is 10.1. The van der Waals surface area contributed by atoms with Crippen molar-refractivity contribution >= 4 is 17.2 Å². The number of H-pyrrole nitrogens is 1. The van der Waals surface area contributed by atoms with Gasteiger partial charge in [-0.2, -0.15) is 0 Å². The van der Waals surface area contributed by atoms with Crippen LogP contribution in [-0.2, 0) is 0 Å². The molecule has 1 aromatic heterocycles. The maximum absolute atomic E-state index is 10.7. The van der Waals surface area contributed by atoms with Crippen LogP contribution in [0.15, 0.2) is 18.3 Å². The number of carbonyl (C=O) groups excluding carboxylic acids is 1. The van der Waals surface area contributed by atoms with Crippen LogP contribution in [0.2, 0.25) is 0 Å². The summed E-state index contributed by atoms with van der Waals surface area (Å²) in [6, 6.07) is 3.25. The fourth-order valence-electron chi connectivity index (χ4n) is 1.47. The van der Waals surface area contributed by atoms with Gasteiger partial charge in [-0.25, -0.2) is 0 Å². The minimum atomic E-state index is 0.0260. The van der Waals surface area contributed by atoms with E-state index >= 15 is 0 Å². The summed E-state index contributed by atoms with van der Waals surface area (Å²) >= 11 is 0. The molecule has 14 heavy (non-hydrogen) atoms. The van der Waals surface area contributed by atoms with Gasteiger partial charge in [0.15, 0.2) is 17.8 Å². The maximum atomic E-state index is 10.7. The second-order valence-electron chi connectivity index (χ2n) is 2.90. The van der Waals surface area contributed by atoms with Gasteiger partial charge in [-0.3, -0.25) is 4.79 Å². The van der Waals surface area contributed by atoms with Crippen LogP contribution >= 0.6 is 0 Å². The normalized spacial score (nSPS) is 10.4. The average Bonchev–Trinajstić information content (AvgIpc) is 2.68. The van der Waals surface area contributed by atoms with Gasteiger partial charge in [0.1, 0.15) is 0 Å². The first-order chi connectivity index (χ1) is 6.77. The molecule has 2 aromatic rings. The van der Waals surface area contributed by atoms with E-state index in [9.17, 15) is 9.90 Å². The molecule has 0 unspecified atom stereocenters. The van der Waals surface area contributed by atoms with Gasteiger partial charge in [0.05, 0.1) is 12.6 Å². The Hall–Kier alpha value is -1.97. The molecule has 0 saturated heterocycles. The van der Waals surface area contributed by atoms with Crippen molar-refractivity contribution < 1.29 is 14.6 Å². The summed E-state index contributed by atoms with van der Waals surface area (Å²) in [5.41, 5.74) is 1.02. The Balaban J connectivity index is 2.86. The third kappa shape index (κ3) is 1.04. The van der Waals surface area contributed by atoms with Gasteiger partial charge in [-0.15, -0.1) is 0 Å². The van der Waals surface area contributed by atoms with Gasteiger partial charge in [-0.1, -0.05) is 0 Å². The molecular weight excluding hydrogens is 182 g/mol. The Morgan fingerprint density at radius 2 is 2.36 bits per heavy atom. The van der Waals surface area contributed by atoms with Gasteiger partial charge in [0.25, 0.3) is 0 Å². The van der Waals surface area contributed by atoms with Crippen molar-refractivity contribution in [1.82, 2.24) is 4.98 Å². The molecule has 4 heteroatoms. The second kappa shape index (κ2) is 3.06. The van der Waals surface area contributed by atoms with Gasteiger partial charge >= 0.3 is 0 Å². The van der Waals surface area contributed by atoms with Crippen molar-refractivity contribution in [2.45, 2.75) is 0 Å². The monoisotopic (exact) mass is 191 g/mol. The Kier molecular flexibility index (Phi) is 1.89. The van der Waals surface area contributed by atoms with Crippen LogP contribution in [0.3, 0.4) is 0 Å². The third-order valence-corrected chi connectivity index (χ3v) is 2.16. The molecule has 0 atom stereocenters. The number of aromatic hydroxyl groups is 1. The number of benzene rings is 1. The highest BCUT2D eigenvalue weighted by molar-refractivity contribution is 6.00. The van der Waals surface area contributed by atoms with Crippen molar-refractivity contribution in [3.05, 3.63) is 23.9 Å². The van der Waals surface area contributed by atoms with E-state index in [4.69, 9.17) is 4.74 Å². The summed E-state index contributed by atoms with van der Waals surface area (Å²) in [5, 5.41) is 10.4. The SMILES string of the molecule is COc1cc(C=O)c2cc[nH]c2c1O. The second-order valence-corrected chi connectivity index (χ2v) is 2.90. The number of carbonyl (C=O) groups is 1. The molecule has 0 spiro atoms. The number of ether oxygens (including phenoxy) is 1. The number of aromatic nitrogens is 1. The number of nitrogens with one attached hydrogen (secondary N) is 1. The summed E-state index contributed by atoms with van der Waals surface area (Å²) in [5.74, 6) is 0.320. The topological polar surface area (TPSA) is 62.3 Å². The largest absolute Gasteiger partial charge is 0.503 e. The number of methoxy groups -OCH3 is 1. The van der Waals surface area contributed by atoms with E-state index in [1.54, 1.807) is 12.3 Å². The van der Waals surface area contributed by atoms with E-state index in [0.717, 1.165) is 6.29 Å². The van der Waals surface area contributed by atoms with Crippen LogP contribution in [0.1, 0.15) is 10.4 Å². The number of aldehydes is 1. The minimum Gasteiger partial charge on any atom is -0.503 e. The molecule has 4 nitrogen and oxygen atoms in total. The number of phenols is 1. The predicted molar refractivity (Wildman–Crippen MR) is 51.9 cm³/mol. The fraction of sp³-hybridized carbons (Fsp3) is 0.100. The van der Waals surface area contributed by atoms with E-state index in [1.807, 2.05) is 0 Å². The molecule has 0 aliphatic rings. The molecule has 0 radical (unpaired) electrons. The molecule has 72 valence electrons. The van der Waals surface area contributed by atoms with E-state index in [2.05, 4.69) is 4.98 Å². The van der Waals surface area contributed by atoms with Crippen LogP contribution in [0.4, 0.5) is 0 Å². The van der Waals surface area contributed by atoms with Crippen LogP contribution < -0.4 is 4.74 Å². The fourth-order valence-corrected chi connectivity index (χ4v) is 1.47. The number of hydrogen-bond acceptors (Lipinski definition) is 3. The van der Waals surface area contributed by atoms with E-state index in [0.29, 0.717) is 22.2 Å². The zero-order valence-electron chi connectivity index (χ0n) is 7.57. The number of rotatable bonds is 2. The predicted octanol–water partition coefficient (Wildman–Crippen LogP) is 1.69. The molecule has 0 amide bonds. The quantitative estimate of drug-likeness (QED) is 0.710. The summed E-state index contributed by atoms with van der Waals surface area (Å²) in [4.78, 5) is 13.6. The van der Waals surface area contributed by atoms with Crippen molar-refractivity contribution in [2.24, 2.45) is 0 Å². The summed E-state index contributed by atoms with van der Waals surface area (Å²) in [6.45, 7) is 0. The first-order valence-corrected chi connectivity index (χ1v) is 4.10. The summed E-state index contributed by atoms with van der Waals surface area (Å²) in [6.07, 6.45) is 2.40. The molecule has 2 N–H and O–H groups in total. The molecule has 0 aliphatic heterocycles. The number of aromatic amines is 1. The zero-order valence-corrected chi connectivity index (χ0v) is 7.57. The molecule has 0 bridgehead atoms. The number of fused-ring (bicyclic) bond motifs is 1. The van der Waals surface area contributed by atoms with E-state index in [1.165, 1.54) is 13.2 Å². The van der Waals surface area contributed by atoms with Crippen LogP contribution in [-0.4, -0.2) is 23.5 Å². The Bertz CT molecular complexity index is 487. The highest BCUT2D eigenvalue weighted by atomic mass is 16.5.